The number of hydrogen-bond donors (Lipinski definition) is 3. The van der Waals surface area contributed by atoms with Gasteiger partial charge in [-0.25, -0.2) is 13.1 Å². The maximum Gasteiger partial charge on any atom is 0.305 e. The van der Waals surface area contributed by atoms with Crippen LogP contribution in [0.25, 0.3) is 0 Å². The number of sulfonamides is 1. The highest BCUT2D eigenvalue weighted by molar-refractivity contribution is 7.91. The molecule has 16 heavy (non-hydrogen) atoms. The highest BCUT2D eigenvalue weighted by Gasteiger charge is 2.28. The normalized spacial score (nSPS) is 13.0. The first-order valence-electron chi connectivity index (χ1n) is 4.52. The summed E-state index contributed by atoms with van der Waals surface area (Å²) >= 11 is 0.629. The lowest BCUT2D eigenvalue weighted by molar-refractivity contribution is 0.208. The molecular formula is C8H14N2O4S2. The maximum atomic E-state index is 11.9. The van der Waals surface area contributed by atoms with Gasteiger partial charge in [-0.2, -0.15) is 0 Å². The predicted octanol–water partition coefficient (Wildman–Crippen LogP) is -0.206. The number of aliphatic hydroxyl groups is 1. The fourth-order valence-corrected chi connectivity index (χ4v) is 3.80. The van der Waals surface area contributed by atoms with Crippen LogP contribution in [0.1, 0.15) is 19.5 Å². The minimum absolute atomic E-state index is 0.0426. The molecule has 0 aromatic carbocycles. The van der Waals surface area contributed by atoms with Gasteiger partial charge in [-0.1, -0.05) is 11.3 Å². The molecule has 0 aliphatic carbocycles. The highest BCUT2D eigenvalue weighted by atomic mass is 32.2. The van der Waals surface area contributed by atoms with E-state index in [2.05, 4.69) is 9.71 Å². The summed E-state index contributed by atoms with van der Waals surface area (Å²) in [6, 6.07) is 0. The van der Waals surface area contributed by atoms with Crippen LogP contribution in [0.3, 0.4) is 0 Å². The molecule has 0 bridgehead atoms. The van der Waals surface area contributed by atoms with E-state index in [-0.39, 0.29) is 10.8 Å². The summed E-state index contributed by atoms with van der Waals surface area (Å²) in [6.45, 7) is 4.29. The van der Waals surface area contributed by atoms with Crippen LogP contribution in [0, 0.1) is 6.92 Å². The van der Waals surface area contributed by atoms with E-state index in [1.54, 1.807) is 13.8 Å². The van der Waals surface area contributed by atoms with Crippen LogP contribution in [0.4, 0.5) is 0 Å². The molecule has 0 aliphatic heterocycles. The quantitative estimate of drug-likeness (QED) is 0.702. The number of nitrogens with one attached hydrogen (secondary N) is 2. The first-order chi connectivity index (χ1) is 7.18. The Kier molecular flexibility index (Phi) is 3.58. The fourth-order valence-electron chi connectivity index (χ4n) is 1.09. The fraction of sp³-hybridized carbons (Fsp3) is 0.625. The molecule has 92 valence electrons. The third kappa shape index (κ3) is 2.91. The number of aromatic amines is 1. The minimum Gasteiger partial charge on any atom is -0.394 e. The molecule has 0 fully saturated rings. The molecule has 0 amide bonds. The van der Waals surface area contributed by atoms with Gasteiger partial charge in [0.2, 0.25) is 0 Å². The molecule has 8 heteroatoms. The average Bonchev–Trinajstić information content (AvgIpc) is 2.44. The zero-order valence-corrected chi connectivity index (χ0v) is 10.8. The summed E-state index contributed by atoms with van der Waals surface area (Å²) < 4.78 is 26.0. The van der Waals surface area contributed by atoms with Gasteiger partial charge in [-0.05, 0) is 20.8 Å². The van der Waals surface area contributed by atoms with Crippen molar-refractivity contribution in [2.24, 2.45) is 0 Å². The van der Waals surface area contributed by atoms with Gasteiger partial charge in [0.25, 0.3) is 10.0 Å². The van der Waals surface area contributed by atoms with Crippen molar-refractivity contribution in [3.8, 4) is 0 Å². The van der Waals surface area contributed by atoms with Crippen LogP contribution in [0.2, 0.25) is 0 Å². The molecule has 0 unspecified atom stereocenters. The Balaban J connectivity index is 3.13. The monoisotopic (exact) mass is 266 g/mol. The topological polar surface area (TPSA) is 99.3 Å². The molecule has 0 aliphatic rings. The number of hydrogen-bond acceptors (Lipinski definition) is 5. The predicted molar refractivity (Wildman–Crippen MR) is 61.2 cm³/mol. The largest absolute Gasteiger partial charge is 0.394 e. The van der Waals surface area contributed by atoms with Crippen molar-refractivity contribution in [1.82, 2.24) is 9.71 Å². The van der Waals surface area contributed by atoms with E-state index in [0.29, 0.717) is 17.0 Å². The molecular weight excluding hydrogens is 252 g/mol. The first kappa shape index (κ1) is 13.4. The van der Waals surface area contributed by atoms with Crippen molar-refractivity contribution in [1.29, 1.82) is 0 Å². The van der Waals surface area contributed by atoms with Crippen molar-refractivity contribution in [3.63, 3.8) is 0 Å². The van der Waals surface area contributed by atoms with E-state index in [0.717, 1.165) is 0 Å². The van der Waals surface area contributed by atoms with Crippen LogP contribution in [-0.2, 0) is 10.0 Å². The summed E-state index contributed by atoms with van der Waals surface area (Å²) in [4.78, 5) is 13.0. The number of aliphatic hydroxyl groups excluding tert-OH is 1. The van der Waals surface area contributed by atoms with Crippen molar-refractivity contribution in [3.05, 3.63) is 15.4 Å². The summed E-state index contributed by atoms with van der Waals surface area (Å²) in [5.74, 6) is 0. The average molecular weight is 266 g/mol. The Bertz CT molecular complexity index is 526. The van der Waals surface area contributed by atoms with Gasteiger partial charge in [0, 0.05) is 5.69 Å². The molecule has 3 N–H and O–H groups in total. The third-order valence-corrected chi connectivity index (χ3v) is 5.13. The number of H-pyrrole nitrogens is 1. The van der Waals surface area contributed by atoms with Crippen molar-refractivity contribution < 1.29 is 13.5 Å². The Morgan fingerprint density at radius 3 is 2.44 bits per heavy atom. The van der Waals surface area contributed by atoms with Crippen molar-refractivity contribution in [2.45, 2.75) is 30.5 Å². The van der Waals surface area contributed by atoms with E-state index in [4.69, 9.17) is 5.11 Å². The van der Waals surface area contributed by atoms with E-state index >= 15 is 0 Å². The number of aryl methyl sites for hydroxylation is 1. The van der Waals surface area contributed by atoms with Gasteiger partial charge >= 0.3 is 4.87 Å². The van der Waals surface area contributed by atoms with Gasteiger partial charge in [0.05, 0.1) is 12.1 Å². The molecule has 6 nitrogen and oxygen atoms in total. The lowest BCUT2D eigenvalue weighted by Crippen LogP contribution is -2.46. The van der Waals surface area contributed by atoms with Crippen LogP contribution in [-0.4, -0.2) is 30.7 Å². The van der Waals surface area contributed by atoms with E-state index in [1.165, 1.54) is 6.92 Å². The second kappa shape index (κ2) is 4.28. The SMILES string of the molecule is Cc1[nH]c(=O)sc1S(=O)(=O)NC(C)(C)CO. The Hall–Kier alpha value is -0.700. The van der Waals surface area contributed by atoms with Crippen molar-refractivity contribution >= 4 is 21.4 Å². The van der Waals surface area contributed by atoms with E-state index < -0.39 is 20.4 Å². The smallest absolute Gasteiger partial charge is 0.305 e. The Morgan fingerprint density at radius 1 is 1.50 bits per heavy atom. The van der Waals surface area contributed by atoms with Gasteiger partial charge in [-0.3, -0.25) is 4.79 Å². The highest BCUT2D eigenvalue weighted by Crippen LogP contribution is 2.17. The molecule has 0 saturated carbocycles. The van der Waals surface area contributed by atoms with Crippen LogP contribution < -0.4 is 9.60 Å². The molecule has 1 heterocycles. The molecule has 0 saturated heterocycles. The number of aromatic nitrogens is 1. The van der Waals surface area contributed by atoms with Crippen molar-refractivity contribution in [2.75, 3.05) is 6.61 Å². The standard InChI is InChI=1S/C8H14N2O4S2/c1-5-6(15-7(12)9-5)16(13,14)10-8(2,3)4-11/h10-11H,4H2,1-3H3,(H,9,12). The lowest BCUT2D eigenvalue weighted by atomic mass is 10.1. The van der Waals surface area contributed by atoms with Gasteiger partial charge in [0.1, 0.15) is 0 Å². The van der Waals surface area contributed by atoms with Crippen LogP contribution >= 0.6 is 11.3 Å². The van der Waals surface area contributed by atoms with Gasteiger partial charge in [0.15, 0.2) is 4.21 Å². The lowest BCUT2D eigenvalue weighted by Gasteiger charge is -2.22. The minimum atomic E-state index is -3.76. The van der Waals surface area contributed by atoms with E-state index in [1.807, 2.05) is 0 Å². The molecule has 1 aromatic rings. The number of rotatable bonds is 4. The van der Waals surface area contributed by atoms with Crippen LogP contribution in [0.15, 0.2) is 9.00 Å². The zero-order valence-electron chi connectivity index (χ0n) is 9.20. The molecule has 0 atom stereocenters. The molecule has 1 aromatic heterocycles. The van der Waals surface area contributed by atoms with E-state index in [9.17, 15) is 13.2 Å². The zero-order chi connectivity index (χ0) is 12.6. The second-order valence-corrected chi connectivity index (χ2v) is 6.94. The maximum absolute atomic E-state index is 11.9. The third-order valence-electron chi connectivity index (χ3n) is 1.83. The van der Waals surface area contributed by atoms with Gasteiger partial charge < -0.3 is 10.1 Å². The van der Waals surface area contributed by atoms with Gasteiger partial charge in [-0.15, -0.1) is 0 Å². The first-order valence-corrected chi connectivity index (χ1v) is 6.82. The van der Waals surface area contributed by atoms with Crippen LogP contribution in [0.5, 0.6) is 0 Å². The summed E-state index contributed by atoms with van der Waals surface area (Å²) in [5.41, 5.74) is -0.658. The molecule has 1 rings (SSSR count). The second-order valence-electron chi connectivity index (χ2n) is 4.07. The summed E-state index contributed by atoms with van der Waals surface area (Å²) in [5, 5.41) is 8.99. The summed E-state index contributed by atoms with van der Waals surface area (Å²) in [7, 11) is -3.76. The molecule has 0 spiro atoms. The molecule has 0 radical (unpaired) electrons. The Morgan fingerprint density at radius 2 is 2.06 bits per heavy atom. The Labute approximate surface area is 97.4 Å². The number of thiazole rings is 1. The summed E-state index contributed by atoms with van der Waals surface area (Å²) in [6.07, 6.45) is 0.